The lowest BCUT2D eigenvalue weighted by Gasteiger charge is -2.18. The molecule has 1 aliphatic rings. The van der Waals surface area contributed by atoms with Gasteiger partial charge in [-0.25, -0.2) is 0 Å². The molecule has 0 aromatic carbocycles. The summed E-state index contributed by atoms with van der Waals surface area (Å²) < 4.78 is 7.71. The normalized spacial score (nSPS) is 25.2. The van der Waals surface area contributed by atoms with Gasteiger partial charge < -0.3 is 14.6 Å². The second-order valence-electron chi connectivity index (χ2n) is 4.16. The number of hydrogen-bond acceptors (Lipinski definition) is 4. The first-order chi connectivity index (χ1) is 7.77. The highest BCUT2D eigenvalue weighted by Gasteiger charge is 2.32. The lowest BCUT2D eigenvalue weighted by molar-refractivity contribution is 0.187. The summed E-state index contributed by atoms with van der Waals surface area (Å²) >= 11 is 0. The first-order valence-corrected chi connectivity index (χ1v) is 5.98. The third-order valence-electron chi connectivity index (χ3n) is 3.16. The molecule has 1 aliphatic heterocycles. The third-order valence-corrected chi connectivity index (χ3v) is 3.16. The zero-order valence-corrected chi connectivity index (χ0v) is 10.2. The minimum atomic E-state index is 0.334. The molecular formula is C11H20N4O. The van der Waals surface area contributed by atoms with Gasteiger partial charge in [-0.1, -0.05) is 6.92 Å². The van der Waals surface area contributed by atoms with Crippen molar-refractivity contribution in [3.63, 3.8) is 0 Å². The van der Waals surface area contributed by atoms with Crippen molar-refractivity contribution in [3.05, 3.63) is 11.6 Å². The zero-order chi connectivity index (χ0) is 11.5. The van der Waals surface area contributed by atoms with E-state index >= 15 is 0 Å². The molecule has 0 radical (unpaired) electrons. The highest BCUT2D eigenvalue weighted by Crippen LogP contribution is 2.24. The van der Waals surface area contributed by atoms with Crippen molar-refractivity contribution in [1.82, 2.24) is 20.1 Å². The molecule has 0 amide bonds. The van der Waals surface area contributed by atoms with Crippen LogP contribution in [0.1, 0.15) is 31.4 Å². The Morgan fingerprint density at radius 2 is 2.19 bits per heavy atom. The third kappa shape index (κ3) is 1.97. The molecule has 5 heteroatoms. The fourth-order valence-electron chi connectivity index (χ4n) is 2.33. The van der Waals surface area contributed by atoms with Crippen LogP contribution in [0.4, 0.5) is 0 Å². The van der Waals surface area contributed by atoms with Crippen LogP contribution in [0.2, 0.25) is 0 Å². The topological polar surface area (TPSA) is 52.0 Å². The van der Waals surface area contributed by atoms with E-state index in [0.717, 1.165) is 38.0 Å². The predicted molar refractivity (Wildman–Crippen MR) is 61.5 cm³/mol. The molecule has 2 unspecified atom stereocenters. The van der Waals surface area contributed by atoms with E-state index in [0.29, 0.717) is 12.0 Å². The second kappa shape index (κ2) is 4.93. The molecule has 0 saturated carbocycles. The van der Waals surface area contributed by atoms with E-state index < -0.39 is 0 Å². The quantitative estimate of drug-likeness (QED) is 0.818. The molecule has 90 valence electrons. The van der Waals surface area contributed by atoms with Crippen LogP contribution in [0.25, 0.3) is 0 Å². The summed E-state index contributed by atoms with van der Waals surface area (Å²) in [5.41, 5.74) is 0. The van der Waals surface area contributed by atoms with Crippen molar-refractivity contribution in [2.24, 2.45) is 0 Å². The first kappa shape index (κ1) is 11.5. The summed E-state index contributed by atoms with van der Waals surface area (Å²) in [4.78, 5) is 0. The van der Waals surface area contributed by atoms with Gasteiger partial charge in [0.15, 0.2) is 0 Å². The van der Waals surface area contributed by atoms with Gasteiger partial charge in [-0.15, -0.1) is 10.2 Å². The highest BCUT2D eigenvalue weighted by molar-refractivity contribution is 5.07. The Labute approximate surface area is 96.2 Å². The van der Waals surface area contributed by atoms with E-state index in [2.05, 4.69) is 33.9 Å². The van der Waals surface area contributed by atoms with Crippen molar-refractivity contribution in [3.8, 4) is 0 Å². The Balaban J connectivity index is 2.22. The maximum Gasteiger partial charge on any atom is 0.140 e. The fourth-order valence-corrected chi connectivity index (χ4v) is 2.33. The average molecular weight is 224 g/mol. The monoisotopic (exact) mass is 224 g/mol. The average Bonchev–Trinajstić information content (AvgIpc) is 2.85. The van der Waals surface area contributed by atoms with E-state index in [1.54, 1.807) is 0 Å². The van der Waals surface area contributed by atoms with Gasteiger partial charge in [-0.2, -0.15) is 0 Å². The van der Waals surface area contributed by atoms with Crippen LogP contribution in [0.15, 0.2) is 0 Å². The fraction of sp³-hybridized carbons (Fsp3) is 0.818. The molecule has 1 fully saturated rings. The number of nitrogens with one attached hydrogen (secondary N) is 1. The van der Waals surface area contributed by atoms with Gasteiger partial charge in [0.1, 0.15) is 11.6 Å². The van der Waals surface area contributed by atoms with Crippen LogP contribution in [-0.4, -0.2) is 40.6 Å². The van der Waals surface area contributed by atoms with E-state index in [9.17, 15) is 0 Å². The molecule has 0 spiro atoms. The minimum absolute atomic E-state index is 0.334. The number of likely N-dealkylation sites (N-methyl/N-ethyl adjacent to an activating group) is 1. The Hall–Kier alpha value is -0.940. The molecule has 0 aliphatic carbocycles. The van der Waals surface area contributed by atoms with Crippen LogP contribution < -0.4 is 5.32 Å². The van der Waals surface area contributed by atoms with E-state index in [4.69, 9.17) is 4.74 Å². The van der Waals surface area contributed by atoms with Gasteiger partial charge in [0.2, 0.25) is 0 Å². The molecular weight excluding hydrogens is 204 g/mol. The molecule has 1 saturated heterocycles. The summed E-state index contributed by atoms with van der Waals surface area (Å²) in [7, 11) is 0. The van der Waals surface area contributed by atoms with Gasteiger partial charge in [0.05, 0.1) is 19.1 Å². The summed E-state index contributed by atoms with van der Waals surface area (Å²) in [6, 6.07) is 0.374. The van der Waals surface area contributed by atoms with Crippen molar-refractivity contribution < 1.29 is 4.74 Å². The molecule has 1 N–H and O–H groups in total. The molecule has 1 aromatic rings. The Morgan fingerprint density at radius 3 is 2.88 bits per heavy atom. The number of ether oxygens (including phenoxy) is 1. The van der Waals surface area contributed by atoms with Crippen LogP contribution >= 0.6 is 0 Å². The lowest BCUT2D eigenvalue weighted by atomic mass is 10.0. The number of hydrogen-bond donors (Lipinski definition) is 1. The van der Waals surface area contributed by atoms with Crippen molar-refractivity contribution in [2.75, 3.05) is 19.8 Å². The maximum atomic E-state index is 5.54. The second-order valence-corrected chi connectivity index (χ2v) is 4.16. The zero-order valence-electron chi connectivity index (χ0n) is 10.2. The van der Waals surface area contributed by atoms with E-state index in [-0.39, 0.29) is 0 Å². The van der Waals surface area contributed by atoms with Gasteiger partial charge >= 0.3 is 0 Å². The molecule has 2 heterocycles. The van der Waals surface area contributed by atoms with E-state index in [1.807, 2.05) is 6.92 Å². The van der Waals surface area contributed by atoms with Crippen LogP contribution in [0, 0.1) is 6.92 Å². The van der Waals surface area contributed by atoms with Crippen molar-refractivity contribution >= 4 is 0 Å². The standard InChI is InChI=1S/C11H20N4O/c1-4-12-10-7-16-6-9(10)11-14-13-8(3)15(11)5-2/h9-10,12H,4-7H2,1-3H3. The van der Waals surface area contributed by atoms with Gasteiger partial charge in [0.25, 0.3) is 0 Å². The first-order valence-electron chi connectivity index (χ1n) is 5.98. The number of rotatable bonds is 4. The van der Waals surface area contributed by atoms with Crippen LogP contribution in [0.3, 0.4) is 0 Å². The molecule has 0 bridgehead atoms. The number of aryl methyl sites for hydroxylation is 1. The van der Waals surface area contributed by atoms with Crippen molar-refractivity contribution in [1.29, 1.82) is 0 Å². The number of nitrogens with zero attached hydrogens (tertiary/aromatic N) is 3. The van der Waals surface area contributed by atoms with Crippen LogP contribution in [-0.2, 0) is 11.3 Å². The molecule has 5 nitrogen and oxygen atoms in total. The summed E-state index contributed by atoms with van der Waals surface area (Å²) in [5.74, 6) is 2.38. The largest absolute Gasteiger partial charge is 0.379 e. The van der Waals surface area contributed by atoms with Crippen LogP contribution in [0.5, 0.6) is 0 Å². The summed E-state index contributed by atoms with van der Waals surface area (Å²) in [6.45, 7) is 9.64. The minimum Gasteiger partial charge on any atom is -0.379 e. The Morgan fingerprint density at radius 1 is 1.38 bits per heavy atom. The Kier molecular flexibility index (Phi) is 3.56. The highest BCUT2D eigenvalue weighted by atomic mass is 16.5. The van der Waals surface area contributed by atoms with E-state index in [1.165, 1.54) is 0 Å². The van der Waals surface area contributed by atoms with Gasteiger partial charge in [0, 0.05) is 12.6 Å². The van der Waals surface area contributed by atoms with Crippen molar-refractivity contribution in [2.45, 2.75) is 39.3 Å². The van der Waals surface area contributed by atoms with Gasteiger partial charge in [-0.05, 0) is 20.4 Å². The molecule has 2 rings (SSSR count). The number of aromatic nitrogens is 3. The smallest absolute Gasteiger partial charge is 0.140 e. The Bertz CT molecular complexity index is 350. The molecule has 1 aromatic heterocycles. The molecule has 2 atom stereocenters. The lowest BCUT2D eigenvalue weighted by Crippen LogP contribution is -2.35. The maximum absolute atomic E-state index is 5.54. The molecule has 16 heavy (non-hydrogen) atoms. The SMILES string of the molecule is CCNC1COCC1c1nnc(C)n1CC. The summed E-state index contributed by atoms with van der Waals surface area (Å²) in [5, 5.41) is 11.9. The van der Waals surface area contributed by atoms with Gasteiger partial charge in [-0.3, -0.25) is 0 Å². The summed E-state index contributed by atoms with van der Waals surface area (Å²) in [6.07, 6.45) is 0. The predicted octanol–water partition coefficient (Wildman–Crippen LogP) is 0.698.